The molecule has 1 aliphatic rings. The highest BCUT2D eigenvalue weighted by Crippen LogP contribution is 2.25. The first kappa shape index (κ1) is 16.0. The molecular weight excluding hydrogens is 282 g/mol. The maximum atomic E-state index is 12.5. The van der Waals surface area contributed by atoms with Crippen molar-refractivity contribution in [3.8, 4) is 0 Å². The Balaban J connectivity index is 2.16. The van der Waals surface area contributed by atoms with E-state index in [1.165, 1.54) is 4.90 Å². The van der Waals surface area contributed by atoms with Gasteiger partial charge in [0.15, 0.2) is 0 Å². The van der Waals surface area contributed by atoms with Gasteiger partial charge in [0.1, 0.15) is 12.6 Å². The molecule has 0 radical (unpaired) electrons. The van der Waals surface area contributed by atoms with Crippen LogP contribution in [-0.4, -0.2) is 40.9 Å². The molecule has 1 aromatic carbocycles. The number of benzene rings is 1. The lowest BCUT2D eigenvalue weighted by Gasteiger charge is -2.22. The van der Waals surface area contributed by atoms with Crippen molar-refractivity contribution in [2.75, 3.05) is 11.4 Å². The van der Waals surface area contributed by atoms with Gasteiger partial charge in [0.25, 0.3) is 5.91 Å². The number of hydrogen-bond acceptors (Lipinski definition) is 3. The van der Waals surface area contributed by atoms with Gasteiger partial charge in [-0.15, -0.1) is 0 Å². The van der Waals surface area contributed by atoms with Crippen LogP contribution in [0.25, 0.3) is 0 Å². The third-order valence-electron chi connectivity index (χ3n) is 3.30. The largest absolute Gasteiger partial charge is 0.350 e. The van der Waals surface area contributed by atoms with Crippen molar-refractivity contribution in [3.05, 3.63) is 30.3 Å². The van der Waals surface area contributed by atoms with Crippen molar-refractivity contribution >= 4 is 23.5 Å². The Morgan fingerprint density at radius 3 is 2.32 bits per heavy atom. The van der Waals surface area contributed by atoms with E-state index < -0.39 is 17.6 Å². The van der Waals surface area contributed by atoms with E-state index in [1.54, 1.807) is 31.2 Å². The standard InChI is InChI=1S/C16H21N3O3/c1-11-14(21)18(10-13(20)17-16(2,3)4)15(22)19(11)12-8-6-5-7-9-12/h5-9,11H,10H2,1-4H3,(H,17,20)/t11-/m1/s1. The van der Waals surface area contributed by atoms with Crippen LogP contribution in [0.2, 0.25) is 0 Å². The molecule has 4 amide bonds. The summed E-state index contributed by atoms with van der Waals surface area (Å²) in [6, 6.07) is 7.89. The lowest BCUT2D eigenvalue weighted by atomic mass is 10.1. The second-order valence-corrected chi connectivity index (χ2v) is 6.39. The fourth-order valence-electron chi connectivity index (χ4n) is 2.40. The number of nitrogens with zero attached hydrogens (tertiary/aromatic N) is 2. The molecule has 118 valence electrons. The fourth-order valence-corrected chi connectivity index (χ4v) is 2.40. The number of amides is 4. The first-order valence-electron chi connectivity index (χ1n) is 7.21. The molecule has 1 atom stereocenters. The fraction of sp³-hybridized carbons (Fsp3) is 0.438. The highest BCUT2D eigenvalue weighted by atomic mass is 16.2. The lowest BCUT2D eigenvalue weighted by Crippen LogP contribution is -2.47. The topological polar surface area (TPSA) is 69.7 Å². The number of hydrogen-bond donors (Lipinski definition) is 1. The SMILES string of the molecule is C[C@@H]1C(=O)N(CC(=O)NC(C)(C)C)C(=O)N1c1ccccc1. The van der Waals surface area contributed by atoms with Crippen LogP contribution in [0.3, 0.4) is 0 Å². The molecule has 1 fully saturated rings. The molecule has 1 N–H and O–H groups in total. The van der Waals surface area contributed by atoms with Crippen molar-refractivity contribution in [2.24, 2.45) is 0 Å². The Bertz CT molecular complexity index is 592. The van der Waals surface area contributed by atoms with E-state index in [0.717, 1.165) is 4.90 Å². The zero-order valence-electron chi connectivity index (χ0n) is 13.3. The van der Waals surface area contributed by atoms with Crippen LogP contribution < -0.4 is 10.2 Å². The minimum Gasteiger partial charge on any atom is -0.350 e. The predicted octanol–water partition coefficient (Wildman–Crippen LogP) is 1.76. The smallest absolute Gasteiger partial charge is 0.332 e. The van der Waals surface area contributed by atoms with Crippen molar-refractivity contribution in [3.63, 3.8) is 0 Å². The molecule has 0 unspecified atom stereocenters. The van der Waals surface area contributed by atoms with Gasteiger partial charge in [-0.3, -0.25) is 19.4 Å². The molecule has 0 aromatic heterocycles. The molecule has 1 saturated heterocycles. The molecule has 2 rings (SSSR count). The monoisotopic (exact) mass is 303 g/mol. The number of urea groups is 1. The van der Waals surface area contributed by atoms with Gasteiger partial charge < -0.3 is 5.32 Å². The Morgan fingerprint density at radius 1 is 1.18 bits per heavy atom. The van der Waals surface area contributed by atoms with Gasteiger partial charge in [-0.05, 0) is 39.8 Å². The number of imide groups is 1. The first-order valence-corrected chi connectivity index (χ1v) is 7.21. The van der Waals surface area contributed by atoms with Crippen LogP contribution in [0, 0.1) is 0 Å². The maximum absolute atomic E-state index is 12.5. The van der Waals surface area contributed by atoms with Crippen molar-refractivity contribution < 1.29 is 14.4 Å². The summed E-state index contributed by atoms with van der Waals surface area (Å²) in [4.78, 5) is 39.2. The molecule has 1 aromatic rings. The van der Waals surface area contributed by atoms with E-state index in [4.69, 9.17) is 0 Å². The van der Waals surface area contributed by atoms with Gasteiger partial charge in [-0.2, -0.15) is 0 Å². The summed E-state index contributed by atoms with van der Waals surface area (Å²) in [5.41, 5.74) is 0.236. The minimum atomic E-state index is -0.614. The number of anilines is 1. The average Bonchev–Trinajstić information content (AvgIpc) is 2.62. The first-order chi connectivity index (χ1) is 10.2. The molecule has 0 spiro atoms. The van der Waals surface area contributed by atoms with E-state index in [2.05, 4.69) is 5.32 Å². The zero-order chi connectivity index (χ0) is 16.5. The van der Waals surface area contributed by atoms with Gasteiger partial charge in [-0.25, -0.2) is 4.79 Å². The van der Waals surface area contributed by atoms with Gasteiger partial charge >= 0.3 is 6.03 Å². The summed E-state index contributed by atoms with van der Waals surface area (Å²) in [6.07, 6.45) is 0. The van der Waals surface area contributed by atoms with Crippen LogP contribution in [-0.2, 0) is 9.59 Å². The normalized spacial score (nSPS) is 18.8. The van der Waals surface area contributed by atoms with E-state index in [-0.39, 0.29) is 18.4 Å². The number of para-hydroxylation sites is 1. The highest BCUT2D eigenvalue weighted by Gasteiger charge is 2.44. The van der Waals surface area contributed by atoms with E-state index in [0.29, 0.717) is 5.69 Å². The molecule has 1 aliphatic heterocycles. The third kappa shape index (κ3) is 3.27. The Kier molecular flexibility index (Phi) is 4.21. The Labute approximate surface area is 130 Å². The van der Waals surface area contributed by atoms with Crippen molar-refractivity contribution in [2.45, 2.75) is 39.3 Å². The van der Waals surface area contributed by atoms with Crippen LogP contribution in [0.15, 0.2) is 30.3 Å². The van der Waals surface area contributed by atoms with Gasteiger partial charge in [0.05, 0.1) is 0 Å². The van der Waals surface area contributed by atoms with Crippen LogP contribution in [0.5, 0.6) is 0 Å². The lowest BCUT2D eigenvalue weighted by molar-refractivity contribution is -0.132. The number of carbonyl (C=O) groups excluding carboxylic acids is 3. The molecule has 6 nitrogen and oxygen atoms in total. The molecule has 22 heavy (non-hydrogen) atoms. The minimum absolute atomic E-state index is 0.261. The summed E-state index contributed by atoms with van der Waals surface area (Å²) in [7, 11) is 0. The van der Waals surface area contributed by atoms with E-state index in [1.807, 2.05) is 26.8 Å². The van der Waals surface area contributed by atoms with Gasteiger partial charge in [0, 0.05) is 11.2 Å². The van der Waals surface area contributed by atoms with Gasteiger partial charge in [0.2, 0.25) is 5.91 Å². The summed E-state index contributed by atoms with van der Waals surface area (Å²) in [6.45, 7) is 6.93. The third-order valence-corrected chi connectivity index (χ3v) is 3.30. The zero-order valence-corrected chi connectivity index (χ0v) is 13.3. The Morgan fingerprint density at radius 2 is 1.77 bits per heavy atom. The number of carbonyl (C=O) groups is 3. The molecule has 0 aliphatic carbocycles. The van der Waals surface area contributed by atoms with Gasteiger partial charge in [-0.1, -0.05) is 18.2 Å². The second-order valence-electron chi connectivity index (χ2n) is 6.39. The molecular formula is C16H21N3O3. The summed E-state index contributed by atoms with van der Waals surface area (Å²) in [5.74, 6) is -0.714. The molecule has 0 saturated carbocycles. The van der Waals surface area contributed by atoms with Crippen molar-refractivity contribution in [1.29, 1.82) is 0 Å². The average molecular weight is 303 g/mol. The number of rotatable bonds is 3. The summed E-state index contributed by atoms with van der Waals surface area (Å²) in [5, 5.41) is 2.75. The summed E-state index contributed by atoms with van der Waals surface area (Å²) >= 11 is 0. The molecule has 0 bridgehead atoms. The molecule has 1 heterocycles. The predicted molar refractivity (Wildman–Crippen MR) is 83.4 cm³/mol. The Hall–Kier alpha value is -2.37. The van der Waals surface area contributed by atoms with Crippen LogP contribution >= 0.6 is 0 Å². The second kappa shape index (κ2) is 5.79. The highest BCUT2D eigenvalue weighted by molar-refractivity contribution is 6.15. The maximum Gasteiger partial charge on any atom is 0.332 e. The van der Waals surface area contributed by atoms with Crippen molar-refractivity contribution in [1.82, 2.24) is 10.2 Å². The van der Waals surface area contributed by atoms with E-state index in [9.17, 15) is 14.4 Å². The van der Waals surface area contributed by atoms with E-state index >= 15 is 0 Å². The van der Waals surface area contributed by atoms with Crippen LogP contribution in [0.1, 0.15) is 27.7 Å². The van der Waals surface area contributed by atoms with Crippen LogP contribution in [0.4, 0.5) is 10.5 Å². The number of nitrogens with one attached hydrogen (secondary N) is 1. The quantitative estimate of drug-likeness (QED) is 0.865. The molecule has 6 heteroatoms. The summed E-state index contributed by atoms with van der Waals surface area (Å²) < 4.78 is 0.